The summed E-state index contributed by atoms with van der Waals surface area (Å²) in [5.74, 6) is 0.0809. The van der Waals surface area contributed by atoms with Crippen molar-refractivity contribution in [2.45, 2.75) is 75.6 Å². The van der Waals surface area contributed by atoms with Crippen LogP contribution in [-0.2, 0) is 10.0 Å². The number of hydrogen-bond acceptors (Lipinski definition) is 4. The quantitative estimate of drug-likeness (QED) is 0.800. The largest absolute Gasteiger partial charge is 0.451 e. The van der Waals surface area contributed by atoms with Gasteiger partial charge < -0.3 is 9.73 Å². The number of nitrogens with one attached hydrogen (secondary N) is 1. The fourth-order valence-corrected chi connectivity index (χ4v) is 6.05. The van der Waals surface area contributed by atoms with Gasteiger partial charge in [-0.2, -0.15) is 4.31 Å². The normalized spacial score (nSPS) is 19.9. The van der Waals surface area contributed by atoms with Gasteiger partial charge in [-0.05, 0) is 50.8 Å². The fraction of sp³-hybridized carbons (Fsp3) is 0.591. The fourth-order valence-electron chi connectivity index (χ4n) is 4.51. The smallest absolute Gasteiger partial charge is 0.287 e. The zero-order valence-corrected chi connectivity index (χ0v) is 17.9. The topological polar surface area (TPSA) is 79.6 Å². The van der Waals surface area contributed by atoms with E-state index in [-0.39, 0.29) is 22.6 Å². The van der Waals surface area contributed by atoms with Crippen LogP contribution in [-0.4, -0.2) is 37.8 Å². The highest BCUT2D eigenvalue weighted by atomic mass is 32.2. The van der Waals surface area contributed by atoms with Crippen LogP contribution in [0.4, 0.5) is 0 Å². The van der Waals surface area contributed by atoms with Crippen LogP contribution in [0.15, 0.2) is 27.5 Å². The lowest BCUT2D eigenvalue weighted by Gasteiger charge is -2.22. The monoisotopic (exact) mass is 418 g/mol. The lowest BCUT2D eigenvalue weighted by atomic mass is 9.95. The summed E-state index contributed by atoms with van der Waals surface area (Å²) in [6, 6.07) is 5.12. The molecule has 2 aliphatic rings. The van der Waals surface area contributed by atoms with E-state index in [1.165, 1.54) is 6.42 Å². The van der Waals surface area contributed by atoms with Gasteiger partial charge in [0.25, 0.3) is 5.91 Å². The number of amides is 1. The highest BCUT2D eigenvalue weighted by molar-refractivity contribution is 7.89. The molecule has 0 bridgehead atoms. The van der Waals surface area contributed by atoms with Crippen LogP contribution in [0.25, 0.3) is 11.0 Å². The number of sulfonamides is 1. The molecule has 7 heteroatoms. The maximum Gasteiger partial charge on any atom is 0.287 e. The summed E-state index contributed by atoms with van der Waals surface area (Å²) in [5, 5.41) is 3.77. The average molecular weight is 419 g/mol. The number of carbonyl (C=O) groups excluding carboxylic acids is 1. The molecular weight excluding hydrogens is 388 g/mol. The standard InChI is InChI=1S/C22H30N2O4S/c1-16-19-15-18(29(26,27)24-13-7-2-3-8-14-24)11-12-20(19)28-21(16)22(25)23-17-9-5-4-6-10-17/h11-12,15,17H,2-10,13-14H2,1H3,(H,23,25). The molecule has 4 rings (SSSR count). The first kappa shape index (κ1) is 20.4. The highest BCUT2D eigenvalue weighted by Crippen LogP contribution is 2.30. The first-order valence-electron chi connectivity index (χ1n) is 10.8. The Morgan fingerprint density at radius 2 is 1.69 bits per heavy atom. The number of nitrogens with zero attached hydrogens (tertiary/aromatic N) is 1. The lowest BCUT2D eigenvalue weighted by Crippen LogP contribution is -2.36. The molecule has 1 aromatic heterocycles. The molecule has 0 spiro atoms. The van der Waals surface area contributed by atoms with Gasteiger partial charge in [0.15, 0.2) is 5.76 Å². The van der Waals surface area contributed by atoms with Gasteiger partial charge in [0.05, 0.1) is 4.90 Å². The number of fused-ring (bicyclic) bond motifs is 1. The van der Waals surface area contributed by atoms with E-state index < -0.39 is 10.0 Å². The Labute approximate surface area is 172 Å². The molecule has 1 saturated heterocycles. The van der Waals surface area contributed by atoms with Gasteiger partial charge in [-0.15, -0.1) is 0 Å². The van der Waals surface area contributed by atoms with Crippen LogP contribution < -0.4 is 5.32 Å². The van der Waals surface area contributed by atoms with E-state index in [2.05, 4.69) is 5.32 Å². The van der Waals surface area contributed by atoms with Gasteiger partial charge >= 0.3 is 0 Å². The third-order valence-corrected chi connectivity index (χ3v) is 8.15. The molecule has 0 atom stereocenters. The minimum atomic E-state index is -3.54. The first-order chi connectivity index (χ1) is 14.0. The summed E-state index contributed by atoms with van der Waals surface area (Å²) >= 11 is 0. The van der Waals surface area contributed by atoms with E-state index in [1.807, 2.05) is 6.92 Å². The first-order valence-corrected chi connectivity index (χ1v) is 12.2. The van der Waals surface area contributed by atoms with Crippen molar-refractivity contribution in [3.63, 3.8) is 0 Å². The molecule has 158 valence electrons. The van der Waals surface area contributed by atoms with Crippen LogP contribution in [0.3, 0.4) is 0 Å². The van der Waals surface area contributed by atoms with E-state index in [0.717, 1.165) is 51.4 Å². The molecule has 0 unspecified atom stereocenters. The number of benzene rings is 1. The minimum absolute atomic E-state index is 0.197. The lowest BCUT2D eigenvalue weighted by molar-refractivity contribution is 0.0901. The second-order valence-electron chi connectivity index (χ2n) is 8.34. The second-order valence-corrected chi connectivity index (χ2v) is 10.3. The maximum absolute atomic E-state index is 13.1. The number of rotatable bonds is 4. The van der Waals surface area contributed by atoms with Crippen LogP contribution in [0.2, 0.25) is 0 Å². The predicted molar refractivity (Wildman–Crippen MR) is 113 cm³/mol. The van der Waals surface area contributed by atoms with Crippen molar-refractivity contribution >= 4 is 26.9 Å². The third kappa shape index (κ3) is 4.21. The summed E-state index contributed by atoms with van der Waals surface area (Å²) < 4.78 is 33.6. The number of carbonyl (C=O) groups is 1. The predicted octanol–water partition coefficient (Wildman–Crippen LogP) is 4.37. The molecule has 1 saturated carbocycles. The van der Waals surface area contributed by atoms with Crippen LogP contribution >= 0.6 is 0 Å². The Bertz CT molecular complexity index is 982. The summed E-state index contributed by atoms with van der Waals surface area (Å²) in [6.45, 7) is 2.96. The molecule has 0 radical (unpaired) electrons. The number of hydrogen-bond donors (Lipinski definition) is 1. The van der Waals surface area contributed by atoms with Crippen molar-refractivity contribution < 1.29 is 17.6 Å². The molecule has 1 aliphatic heterocycles. The summed E-state index contributed by atoms with van der Waals surface area (Å²) in [6.07, 6.45) is 9.46. The SMILES string of the molecule is Cc1c(C(=O)NC2CCCCC2)oc2ccc(S(=O)(=O)N3CCCCCC3)cc12. The second kappa shape index (κ2) is 8.48. The van der Waals surface area contributed by atoms with Crippen molar-refractivity contribution in [2.24, 2.45) is 0 Å². The Morgan fingerprint density at radius 3 is 2.38 bits per heavy atom. The van der Waals surface area contributed by atoms with Crippen LogP contribution in [0.5, 0.6) is 0 Å². The molecule has 1 amide bonds. The van der Waals surface area contributed by atoms with E-state index >= 15 is 0 Å². The third-order valence-electron chi connectivity index (χ3n) is 6.26. The molecule has 1 aromatic carbocycles. The van der Waals surface area contributed by atoms with Crippen molar-refractivity contribution in [1.29, 1.82) is 0 Å². The van der Waals surface area contributed by atoms with Gasteiger partial charge in [-0.1, -0.05) is 32.1 Å². The molecule has 2 aromatic rings. The molecular formula is C22H30N2O4S. The average Bonchev–Trinajstić information content (AvgIpc) is 2.89. The van der Waals surface area contributed by atoms with Crippen molar-refractivity contribution in [1.82, 2.24) is 9.62 Å². The molecule has 2 fully saturated rings. The van der Waals surface area contributed by atoms with E-state index in [9.17, 15) is 13.2 Å². The van der Waals surface area contributed by atoms with Gasteiger partial charge in [-0.3, -0.25) is 4.79 Å². The number of furan rings is 1. The summed E-state index contributed by atoms with van der Waals surface area (Å²) in [5.41, 5.74) is 1.24. The number of aryl methyl sites for hydroxylation is 1. The zero-order chi connectivity index (χ0) is 20.4. The van der Waals surface area contributed by atoms with E-state index in [4.69, 9.17) is 4.42 Å². The zero-order valence-electron chi connectivity index (χ0n) is 17.1. The summed E-state index contributed by atoms with van der Waals surface area (Å²) in [4.78, 5) is 13.0. The Balaban J connectivity index is 1.60. The summed E-state index contributed by atoms with van der Waals surface area (Å²) in [7, 11) is -3.54. The van der Waals surface area contributed by atoms with Crippen molar-refractivity contribution in [2.75, 3.05) is 13.1 Å². The minimum Gasteiger partial charge on any atom is -0.451 e. The van der Waals surface area contributed by atoms with Gasteiger partial charge in [0.2, 0.25) is 10.0 Å². The maximum atomic E-state index is 13.1. The van der Waals surface area contributed by atoms with E-state index in [0.29, 0.717) is 29.6 Å². The Kier molecular flexibility index (Phi) is 5.97. The van der Waals surface area contributed by atoms with Crippen LogP contribution in [0, 0.1) is 6.92 Å². The Hall–Kier alpha value is -1.86. The van der Waals surface area contributed by atoms with Crippen LogP contribution in [0.1, 0.15) is 73.9 Å². The molecule has 29 heavy (non-hydrogen) atoms. The van der Waals surface area contributed by atoms with Crippen molar-refractivity contribution in [3.05, 3.63) is 29.5 Å². The van der Waals surface area contributed by atoms with Crippen molar-refractivity contribution in [3.8, 4) is 0 Å². The molecule has 1 aliphatic carbocycles. The Morgan fingerprint density at radius 1 is 1.03 bits per heavy atom. The molecule has 6 nitrogen and oxygen atoms in total. The molecule has 2 heterocycles. The van der Waals surface area contributed by atoms with E-state index in [1.54, 1.807) is 22.5 Å². The van der Waals surface area contributed by atoms with Gasteiger partial charge in [0, 0.05) is 30.1 Å². The van der Waals surface area contributed by atoms with Gasteiger partial charge in [-0.25, -0.2) is 8.42 Å². The molecule has 1 N–H and O–H groups in total. The highest BCUT2D eigenvalue weighted by Gasteiger charge is 2.27. The van der Waals surface area contributed by atoms with Gasteiger partial charge in [0.1, 0.15) is 5.58 Å².